The lowest BCUT2D eigenvalue weighted by Gasteiger charge is -2.30. The number of aliphatic hydroxyl groups excluding tert-OH is 1. The average Bonchev–Trinajstić information content (AvgIpc) is 3.04. The predicted octanol–water partition coefficient (Wildman–Crippen LogP) is 1.63. The van der Waals surface area contributed by atoms with Gasteiger partial charge in [-0.1, -0.05) is 17.3 Å². The lowest BCUT2D eigenvalue weighted by Crippen LogP contribution is -2.42. The van der Waals surface area contributed by atoms with Crippen molar-refractivity contribution in [2.24, 2.45) is 0 Å². The molecule has 1 aliphatic heterocycles. The third kappa shape index (κ3) is 4.40. The van der Waals surface area contributed by atoms with Crippen molar-refractivity contribution in [2.45, 2.75) is 25.9 Å². The smallest absolute Gasteiger partial charge is 0.256 e. The molecule has 0 radical (unpaired) electrons. The summed E-state index contributed by atoms with van der Waals surface area (Å²) in [5.41, 5.74) is 1.05. The molecule has 2 aromatic rings. The molecule has 1 fully saturated rings. The summed E-state index contributed by atoms with van der Waals surface area (Å²) in [6.07, 6.45) is 1.01. The summed E-state index contributed by atoms with van der Waals surface area (Å²) < 4.78 is 4.90. The third-order valence-electron chi connectivity index (χ3n) is 4.18. The third-order valence-corrected chi connectivity index (χ3v) is 4.18. The van der Waals surface area contributed by atoms with Crippen LogP contribution in [0.25, 0.3) is 0 Å². The Balaban J connectivity index is 1.63. The highest BCUT2D eigenvalue weighted by Gasteiger charge is 2.24. The van der Waals surface area contributed by atoms with Gasteiger partial charge in [0.25, 0.3) is 5.91 Å². The number of hydrogen-bond donors (Lipinski definition) is 3. The number of hydrogen-bond acceptors (Lipinski definition) is 6. The fraction of sp³-hybridized carbons (Fsp3) is 0.389. The van der Waals surface area contributed by atoms with Crippen molar-refractivity contribution < 1.29 is 19.2 Å². The Hall–Kier alpha value is -2.87. The number of nitrogens with zero attached hydrogens (tertiary/aromatic N) is 2. The molecule has 3 N–H and O–H groups in total. The van der Waals surface area contributed by atoms with Gasteiger partial charge in [-0.25, -0.2) is 0 Å². The normalized spacial score (nSPS) is 17.0. The van der Waals surface area contributed by atoms with Crippen molar-refractivity contribution >= 4 is 23.3 Å². The van der Waals surface area contributed by atoms with Crippen LogP contribution in [0.4, 0.5) is 11.5 Å². The van der Waals surface area contributed by atoms with Crippen molar-refractivity contribution in [1.29, 1.82) is 0 Å². The molecule has 0 bridgehead atoms. The minimum atomic E-state index is -0.482. The summed E-state index contributed by atoms with van der Waals surface area (Å²) in [5.74, 6) is 0.502. The average molecular weight is 358 g/mol. The molecule has 1 aromatic carbocycles. The molecule has 1 saturated heterocycles. The van der Waals surface area contributed by atoms with E-state index in [1.807, 2.05) is 0 Å². The first-order valence-corrected chi connectivity index (χ1v) is 8.56. The van der Waals surface area contributed by atoms with Gasteiger partial charge in [-0.3, -0.25) is 9.59 Å². The molecular weight excluding hydrogens is 336 g/mol. The van der Waals surface area contributed by atoms with E-state index in [0.29, 0.717) is 42.3 Å². The van der Waals surface area contributed by atoms with Crippen LogP contribution in [0.2, 0.25) is 0 Å². The molecule has 1 unspecified atom stereocenters. The van der Waals surface area contributed by atoms with Crippen LogP contribution in [-0.2, 0) is 4.79 Å². The maximum atomic E-state index is 12.8. The lowest BCUT2D eigenvalue weighted by molar-refractivity contribution is -0.114. The highest BCUT2D eigenvalue weighted by molar-refractivity contribution is 6.00. The molecule has 0 spiro atoms. The van der Waals surface area contributed by atoms with Crippen LogP contribution in [0.5, 0.6) is 0 Å². The number of β-amino-alcohol motifs (C(OH)–C–C–N with tert-alkyl or cyclic N) is 1. The number of anilines is 2. The zero-order valence-corrected chi connectivity index (χ0v) is 14.6. The number of benzene rings is 1. The summed E-state index contributed by atoms with van der Waals surface area (Å²) in [4.78, 5) is 26.4. The summed E-state index contributed by atoms with van der Waals surface area (Å²) in [6, 6.07) is 8.66. The van der Waals surface area contributed by atoms with Gasteiger partial charge < -0.3 is 25.2 Å². The Morgan fingerprint density at radius 2 is 2.19 bits per heavy atom. The van der Waals surface area contributed by atoms with Gasteiger partial charge in [-0.15, -0.1) is 0 Å². The quantitative estimate of drug-likeness (QED) is 0.750. The number of aryl methyl sites for hydroxylation is 1. The van der Waals surface area contributed by atoms with Crippen LogP contribution < -0.4 is 10.6 Å². The SMILES string of the molecule is Cc1cc(NC(=O)CNc2ccccc2C(=O)N2CCCC(O)C2)no1. The van der Waals surface area contributed by atoms with Gasteiger partial charge in [0, 0.05) is 24.8 Å². The topological polar surface area (TPSA) is 108 Å². The highest BCUT2D eigenvalue weighted by atomic mass is 16.5. The number of rotatable bonds is 5. The van der Waals surface area contributed by atoms with E-state index < -0.39 is 6.10 Å². The zero-order valence-electron chi connectivity index (χ0n) is 14.6. The van der Waals surface area contributed by atoms with Crippen LogP contribution >= 0.6 is 0 Å². The second kappa shape index (κ2) is 8.01. The molecule has 1 aliphatic rings. The van der Waals surface area contributed by atoms with E-state index in [2.05, 4.69) is 15.8 Å². The summed E-state index contributed by atoms with van der Waals surface area (Å²) in [5, 5.41) is 19.1. The largest absolute Gasteiger partial charge is 0.391 e. The van der Waals surface area contributed by atoms with Crippen molar-refractivity contribution in [3.63, 3.8) is 0 Å². The van der Waals surface area contributed by atoms with Gasteiger partial charge in [0.2, 0.25) is 5.91 Å². The number of amides is 2. The maximum absolute atomic E-state index is 12.8. The molecule has 8 nitrogen and oxygen atoms in total. The number of aromatic nitrogens is 1. The number of carbonyl (C=O) groups excluding carboxylic acids is 2. The fourth-order valence-electron chi connectivity index (χ4n) is 2.92. The van der Waals surface area contributed by atoms with Crippen molar-refractivity contribution in [3.8, 4) is 0 Å². The summed E-state index contributed by atoms with van der Waals surface area (Å²) >= 11 is 0. The first-order valence-electron chi connectivity index (χ1n) is 8.56. The van der Waals surface area contributed by atoms with Crippen LogP contribution in [0.15, 0.2) is 34.9 Å². The molecule has 2 amide bonds. The fourth-order valence-corrected chi connectivity index (χ4v) is 2.92. The van der Waals surface area contributed by atoms with E-state index >= 15 is 0 Å². The van der Waals surface area contributed by atoms with E-state index in [9.17, 15) is 14.7 Å². The molecule has 138 valence electrons. The Morgan fingerprint density at radius 1 is 1.38 bits per heavy atom. The number of piperidine rings is 1. The molecule has 8 heteroatoms. The number of carbonyl (C=O) groups is 2. The van der Waals surface area contributed by atoms with E-state index in [-0.39, 0.29) is 18.4 Å². The Bertz CT molecular complexity index is 789. The van der Waals surface area contributed by atoms with Crippen LogP contribution in [0, 0.1) is 6.92 Å². The minimum absolute atomic E-state index is 0.0151. The van der Waals surface area contributed by atoms with E-state index in [4.69, 9.17) is 4.52 Å². The number of likely N-dealkylation sites (tertiary alicyclic amines) is 1. The Labute approximate surface area is 151 Å². The van der Waals surface area contributed by atoms with E-state index in [0.717, 1.165) is 6.42 Å². The molecule has 0 aliphatic carbocycles. The molecule has 26 heavy (non-hydrogen) atoms. The Morgan fingerprint density at radius 3 is 2.92 bits per heavy atom. The van der Waals surface area contributed by atoms with E-state index in [1.54, 1.807) is 42.2 Å². The van der Waals surface area contributed by atoms with Crippen molar-refractivity contribution in [3.05, 3.63) is 41.7 Å². The summed E-state index contributed by atoms with van der Waals surface area (Å²) in [7, 11) is 0. The standard InChI is InChI=1S/C18H22N4O4/c1-12-9-16(21-26-12)20-17(24)10-19-15-7-3-2-6-14(15)18(25)22-8-4-5-13(23)11-22/h2-3,6-7,9,13,19,23H,4-5,8,10-11H2,1H3,(H,20,21,24). The second-order valence-corrected chi connectivity index (χ2v) is 6.32. The molecular formula is C18H22N4O4. The van der Waals surface area contributed by atoms with Crippen LogP contribution in [-0.4, -0.2) is 52.7 Å². The second-order valence-electron chi connectivity index (χ2n) is 6.32. The van der Waals surface area contributed by atoms with E-state index in [1.165, 1.54) is 0 Å². The zero-order chi connectivity index (χ0) is 18.5. The predicted molar refractivity (Wildman–Crippen MR) is 95.9 cm³/mol. The van der Waals surface area contributed by atoms with Crippen molar-refractivity contribution in [1.82, 2.24) is 10.1 Å². The van der Waals surface area contributed by atoms with Gasteiger partial charge in [-0.05, 0) is 31.9 Å². The number of para-hydroxylation sites is 1. The Kier molecular flexibility index (Phi) is 5.52. The first-order chi connectivity index (χ1) is 12.5. The van der Waals surface area contributed by atoms with Gasteiger partial charge in [0.05, 0.1) is 18.2 Å². The summed E-state index contributed by atoms with van der Waals surface area (Å²) in [6.45, 7) is 2.68. The lowest BCUT2D eigenvalue weighted by atomic mass is 10.1. The minimum Gasteiger partial charge on any atom is -0.391 e. The molecule has 1 atom stereocenters. The van der Waals surface area contributed by atoms with Gasteiger partial charge >= 0.3 is 0 Å². The maximum Gasteiger partial charge on any atom is 0.256 e. The molecule has 2 heterocycles. The molecule has 0 saturated carbocycles. The van der Waals surface area contributed by atoms with Crippen LogP contribution in [0.3, 0.4) is 0 Å². The molecule has 1 aromatic heterocycles. The first kappa shape index (κ1) is 17.9. The monoisotopic (exact) mass is 358 g/mol. The number of nitrogens with one attached hydrogen (secondary N) is 2. The number of aliphatic hydroxyl groups is 1. The van der Waals surface area contributed by atoms with Gasteiger partial charge in [0.15, 0.2) is 5.82 Å². The van der Waals surface area contributed by atoms with Gasteiger partial charge in [-0.2, -0.15) is 0 Å². The molecule has 3 rings (SSSR count). The van der Waals surface area contributed by atoms with Crippen molar-refractivity contribution in [2.75, 3.05) is 30.3 Å². The van der Waals surface area contributed by atoms with Crippen LogP contribution in [0.1, 0.15) is 29.0 Å². The van der Waals surface area contributed by atoms with Gasteiger partial charge in [0.1, 0.15) is 5.76 Å². The highest BCUT2D eigenvalue weighted by Crippen LogP contribution is 2.20.